The van der Waals surface area contributed by atoms with Crippen molar-refractivity contribution in [1.82, 2.24) is 9.55 Å². The molecule has 0 fully saturated rings. The second kappa shape index (κ2) is 4.84. The maximum absolute atomic E-state index is 5.71. The molecule has 0 saturated heterocycles. The lowest BCUT2D eigenvalue weighted by Crippen LogP contribution is -2.01. The minimum absolute atomic E-state index is 0.559. The van der Waals surface area contributed by atoms with Crippen molar-refractivity contribution in [3.05, 3.63) is 48.0 Å². The van der Waals surface area contributed by atoms with E-state index in [0.717, 1.165) is 17.9 Å². The smallest absolute Gasteiger partial charge is 0.130 e. The van der Waals surface area contributed by atoms with Crippen LogP contribution < -0.4 is 4.74 Å². The average molecular weight is 216 g/mol. The van der Waals surface area contributed by atoms with Gasteiger partial charge in [-0.25, -0.2) is 4.98 Å². The molecule has 2 aromatic rings. The van der Waals surface area contributed by atoms with E-state index in [0.29, 0.717) is 6.61 Å². The molecule has 0 aliphatic rings. The van der Waals surface area contributed by atoms with Crippen molar-refractivity contribution in [3.8, 4) is 5.75 Å². The molecule has 0 unspecified atom stereocenters. The van der Waals surface area contributed by atoms with Gasteiger partial charge in [0, 0.05) is 7.05 Å². The first-order chi connectivity index (χ1) is 7.79. The standard InChI is InChI=1S/C13H16N2O/c1-3-11-5-4-6-13(7-11)16-9-12-8-14-10-15(12)2/h4-8,10H,3,9H2,1-2H3. The van der Waals surface area contributed by atoms with Gasteiger partial charge in [-0.2, -0.15) is 0 Å². The number of aryl methyl sites for hydroxylation is 2. The SMILES string of the molecule is CCc1cccc(OCc2cncn2C)c1. The average Bonchev–Trinajstić information content (AvgIpc) is 2.72. The van der Waals surface area contributed by atoms with Crippen LogP contribution in [-0.4, -0.2) is 9.55 Å². The summed E-state index contributed by atoms with van der Waals surface area (Å²) < 4.78 is 7.67. The van der Waals surface area contributed by atoms with Crippen molar-refractivity contribution in [2.24, 2.45) is 7.05 Å². The Morgan fingerprint density at radius 1 is 1.38 bits per heavy atom. The molecule has 0 bridgehead atoms. The minimum atomic E-state index is 0.559. The van der Waals surface area contributed by atoms with Crippen LogP contribution in [0.5, 0.6) is 5.75 Å². The highest BCUT2D eigenvalue weighted by Gasteiger charge is 2.00. The third-order valence-corrected chi connectivity index (χ3v) is 2.61. The molecule has 16 heavy (non-hydrogen) atoms. The topological polar surface area (TPSA) is 27.1 Å². The summed E-state index contributed by atoms with van der Waals surface area (Å²) in [6, 6.07) is 8.19. The zero-order valence-electron chi connectivity index (χ0n) is 9.68. The summed E-state index contributed by atoms with van der Waals surface area (Å²) in [6.45, 7) is 2.70. The maximum atomic E-state index is 5.71. The van der Waals surface area contributed by atoms with E-state index in [1.54, 1.807) is 6.33 Å². The molecule has 0 saturated carbocycles. The number of ether oxygens (including phenoxy) is 1. The zero-order chi connectivity index (χ0) is 11.4. The summed E-state index contributed by atoms with van der Waals surface area (Å²) in [6.07, 6.45) is 4.63. The van der Waals surface area contributed by atoms with Crippen LogP contribution in [0.4, 0.5) is 0 Å². The highest BCUT2D eigenvalue weighted by Crippen LogP contribution is 2.15. The van der Waals surface area contributed by atoms with E-state index < -0.39 is 0 Å². The fourth-order valence-corrected chi connectivity index (χ4v) is 1.54. The number of benzene rings is 1. The number of rotatable bonds is 4. The lowest BCUT2D eigenvalue weighted by atomic mass is 10.2. The Hall–Kier alpha value is -1.77. The van der Waals surface area contributed by atoms with Gasteiger partial charge < -0.3 is 9.30 Å². The van der Waals surface area contributed by atoms with Crippen LogP contribution in [0, 0.1) is 0 Å². The number of hydrogen-bond donors (Lipinski definition) is 0. The molecule has 0 spiro atoms. The largest absolute Gasteiger partial charge is 0.487 e. The molecule has 0 radical (unpaired) electrons. The minimum Gasteiger partial charge on any atom is -0.487 e. The molecule has 3 nitrogen and oxygen atoms in total. The normalized spacial score (nSPS) is 10.4. The first-order valence-corrected chi connectivity index (χ1v) is 5.46. The Balaban J connectivity index is 2.02. The van der Waals surface area contributed by atoms with Gasteiger partial charge in [0.05, 0.1) is 18.2 Å². The van der Waals surface area contributed by atoms with Gasteiger partial charge in [0.15, 0.2) is 0 Å². The van der Waals surface area contributed by atoms with Gasteiger partial charge >= 0.3 is 0 Å². The molecule has 0 aliphatic carbocycles. The molecule has 0 atom stereocenters. The molecule has 1 aromatic heterocycles. The van der Waals surface area contributed by atoms with Gasteiger partial charge in [-0.3, -0.25) is 0 Å². The first-order valence-electron chi connectivity index (χ1n) is 5.46. The molecule has 0 N–H and O–H groups in total. The van der Waals surface area contributed by atoms with Crippen LogP contribution in [0.1, 0.15) is 18.2 Å². The third-order valence-electron chi connectivity index (χ3n) is 2.61. The van der Waals surface area contributed by atoms with Crippen molar-refractivity contribution in [2.45, 2.75) is 20.0 Å². The Morgan fingerprint density at radius 2 is 2.25 bits per heavy atom. The molecule has 1 aromatic carbocycles. The van der Waals surface area contributed by atoms with E-state index >= 15 is 0 Å². The summed E-state index contributed by atoms with van der Waals surface area (Å²) >= 11 is 0. The zero-order valence-corrected chi connectivity index (χ0v) is 9.68. The molecule has 1 heterocycles. The van der Waals surface area contributed by atoms with Crippen LogP contribution in [0.2, 0.25) is 0 Å². The molecule has 84 valence electrons. The van der Waals surface area contributed by atoms with Crippen LogP contribution in [0.25, 0.3) is 0 Å². The predicted octanol–water partition coefficient (Wildman–Crippen LogP) is 2.56. The lowest BCUT2D eigenvalue weighted by molar-refractivity contribution is 0.297. The Labute approximate surface area is 95.7 Å². The molecule has 0 aliphatic heterocycles. The highest BCUT2D eigenvalue weighted by molar-refractivity contribution is 5.28. The van der Waals surface area contributed by atoms with Crippen molar-refractivity contribution < 1.29 is 4.74 Å². The van der Waals surface area contributed by atoms with Crippen molar-refractivity contribution >= 4 is 0 Å². The van der Waals surface area contributed by atoms with Crippen molar-refractivity contribution in [3.63, 3.8) is 0 Å². The van der Waals surface area contributed by atoms with Crippen molar-refractivity contribution in [2.75, 3.05) is 0 Å². The monoisotopic (exact) mass is 216 g/mol. The Morgan fingerprint density at radius 3 is 2.94 bits per heavy atom. The molecule has 3 heteroatoms. The molecule has 2 rings (SSSR count). The van der Waals surface area contributed by atoms with Gasteiger partial charge in [-0.05, 0) is 24.1 Å². The highest BCUT2D eigenvalue weighted by atomic mass is 16.5. The number of imidazole rings is 1. The van der Waals surface area contributed by atoms with E-state index in [2.05, 4.69) is 24.0 Å². The van der Waals surface area contributed by atoms with E-state index in [1.807, 2.05) is 29.9 Å². The van der Waals surface area contributed by atoms with E-state index in [9.17, 15) is 0 Å². The lowest BCUT2D eigenvalue weighted by Gasteiger charge is -2.07. The number of aromatic nitrogens is 2. The van der Waals surface area contributed by atoms with Gasteiger partial charge in [-0.15, -0.1) is 0 Å². The quantitative estimate of drug-likeness (QED) is 0.785. The van der Waals surface area contributed by atoms with E-state index in [1.165, 1.54) is 5.56 Å². The number of hydrogen-bond acceptors (Lipinski definition) is 2. The summed E-state index contributed by atoms with van der Waals surface area (Å²) in [5.41, 5.74) is 2.37. The third kappa shape index (κ3) is 2.42. The Bertz CT molecular complexity index is 462. The molecular formula is C13H16N2O. The van der Waals surface area contributed by atoms with Crippen molar-refractivity contribution in [1.29, 1.82) is 0 Å². The van der Waals surface area contributed by atoms with E-state index in [4.69, 9.17) is 4.74 Å². The summed E-state index contributed by atoms with van der Waals surface area (Å²) in [5.74, 6) is 0.917. The van der Waals surface area contributed by atoms with E-state index in [-0.39, 0.29) is 0 Å². The molecular weight excluding hydrogens is 200 g/mol. The first kappa shape index (κ1) is 10.7. The van der Waals surface area contributed by atoms with Gasteiger partial charge in [0.25, 0.3) is 0 Å². The van der Waals surface area contributed by atoms with Gasteiger partial charge in [0.1, 0.15) is 12.4 Å². The van der Waals surface area contributed by atoms with Crippen LogP contribution in [0.3, 0.4) is 0 Å². The number of nitrogens with zero attached hydrogens (tertiary/aromatic N) is 2. The van der Waals surface area contributed by atoms with Crippen LogP contribution >= 0.6 is 0 Å². The summed E-state index contributed by atoms with van der Waals surface area (Å²) in [7, 11) is 1.97. The van der Waals surface area contributed by atoms with Gasteiger partial charge in [-0.1, -0.05) is 19.1 Å². The van der Waals surface area contributed by atoms with Gasteiger partial charge in [0.2, 0.25) is 0 Å². The van der Waals surface area contributed by atoms with Crippen LogP contribution in [0.15, 0.2) is 36.8 Å². The Kier molecular flexibility index (Phi) is 3.25. The fraction of sp³-hybridized carbons (Fsp3) is 0.308. The van der Waals surface area contributed by atoms with Crippen LogP contribution in [-0.2, 0) is 20.1 Å². The predicted molar refractivity (Wildman–Crippen MR) is 63.4 cm³/mol. The second-order valence-corrected chi connectivity index (χ2v) is 3.79. The maximum Gasteiger partial charge on any atom is 0.130 e. The fourth-order valence-electron chi connectivity index (χ4n) is 1.54. The molecule has 0 amide bonds. The summed E-state index contributed by atoms with van der Waals surface area (Å²) in [4.78, 5) is 4.05. The summed E-state index contributed by atoms with van der Waals surface area (Å²) in [5, 5.41) is 0. The second-order valence-electron chi connectivity index (χ2n) is 3.79.